The van der Waals surface area contributed by atoms with Crippen molar-refractivity contribution in [3.63, 3.8) is 0 Å². The first-order chi connectivity index (χ1) is 15.3. The van der Waals surface area contributed by atoms with E-state index in [1.807, 2.05) is 0 Å². The van der Waals surface area contributed by atoms with Crippen LogP contribution in [0.1, 0.15) is 14.3 Å². The molecule has 0 spiro atoms. The van der Waals surface area contributed by atoms with Crippen molar-refractivity contribution in [1.82, 2.24) is 0 Å². The van der Waals surface area contributed by atoms with E-state index in [4.69, 9.17) is 0 Å². The van der Waals surface area contributed by atoms with Gasteiger partial charge in [-0.05, 0) is 48.3 Å². The van der Waals surface area contributed by atoms with E-state index in [0.29, 0.717) is 6.42 Å². The summed E-state index contributed by atoms with van der Waals surface area (Å²) < 4.78 is 147. The van der Waals surface area contributed by atoms with Gasteiger partial charge in [0.15, 0.2) is 0 Å². The van der Waals surface area contributed by atoms with E-state index in [-0.39, 0.29) is 13.3 Å². The molecule has 194 valence electrons. The lowest BCUT2D eigenvalue weighted by atomic mass is 9.81. The minimum absolute atomic E-state index is 0. The van der Waals surface area contributed by atoms with E-state index >= 15 is 0 Å². The molecule has 1 aliphatic heterocycles. The van der Waals surface area contributed by atoms with Gasteiger partial charge in [0, 0.05) is 7.34 Å². The maximum Gasteiger partial charge on any atom is 0.459 e. The van der Waals surface area contributed by atoms with E-state index < -0.39 is 59.9 Å². The smallest absolute Gasteiger partial charge is 0.354 e. The Morgan fingerprint density at radius 1 is 0.706 bits per heavy atom. The average Bonchev–Trinajstić information content (AvgIpc) is 3.31. The maximum atomic E-state index is 12.9. The number of allylic oxidation sites excluding steroid dienone is 4. The minimum Gasteiger partial charge on any atom is -0.354 e. The van der Waals surface area contributed by atoms with E-state index in [2.05, 4.69) is 29.0 Å². The number of ketones is 1. The molecule has 7 aliphatic rings. The summed E-state index contributed by atoms with van der Waals surface area (Å²) >= 11 is 0. The zero-order chi connectivity index (χ0) is 25.6. The minimum atomic E-state index is -5.82. The SMILES string of the molecule is C1=CC2C=CC1C2.FC(F)(F)C1(C(F)(F)F)OC2C3CC4C2C4C31.O=C(C(F)(F)F)C(F)(F)F.[2HH]. The molecule has 2 nitrogen and oxygen atoms in total. The molecule has 1 saturated heterocycles. The maximum absolute atomic E-state index is 12.9. The van der Waals surface area contributed by atoms with Crippen LogP contribution in [-0.4, -0.2) is 42.2 Å². The number of ether oxygens (including phenoxy) is 1. The van der Waals surface area contributed by atoms with Crippen LogP contribution in [0.3, 0.4) is 0 Å². The average molecular weight is 519 g/mol. The summed E-state index contributed by atoms with van der Waals surface area (Å²) in [5, 5.41) is 0. The lowest BCUT2D eigenvalue weighted by Gasteiger charge is -2.39. The molecular weight excluding hydrogens is 500 g/mol. The number of fused-ring (bicyclic) bond motifs is 2. The van der Waals surface area contributed by atoms with Crippen molar-refractivity contribution in [3.8, 4) is 0 Å². The summed E-state index contributed by atoms with van der Waals surface area (Å²) in [5.41, 5.74) is -3.89. The van der Waals surface area contributed by atoms with Crippen LogP contribution in [0.2, 0.25) is 0 Å². The van der Waals surface area contributed by atoms with Crippen LogP contribution < -0.4 is 0 Å². The number of alkyl halides is 12. The molecule has 0 amide bonds. The van der Waals surface area contributed by atoms with Gasteiger partial charge >= 0.3 is 30.5 Å². The van der Waals surface area contributed by atoms with Crippen LogP contribution in [-0.2, 0) is 9.53 Å². The third-order valence-corrected chi connectivity index (χ3v) is 7.42. The molecule has 4 saturated carbocycles. The number of hydrogen-bond acceptors (Lipinski definition) is 2. The number of Topliss-reactive ketones (excluding diaryl/α,β-unsaturated/α-hetero) is 1. The van der Waals surface area contributed by atoms with E-state index in [9.17, 15) is 57.5 Å². The molecule has 0 N–H and O–H groups in total. The highest BCUT2D eigenvalue weighted by atomic mass is 19.4. The number of halogens is 12. The number of rotatable bonds is 0. The van der Waals surface area contributed by atoms with Crippen molar-refractivity contribution >= 4 is 5.78 Å². The second kappa shape index (κ2) is 7.39. The van der Waals surface area contributed by atoms with Crippen molar-refractivity contribution in [1.29, 1.82) is 0 Å². The van der Waals surface area contributed by atoms with E-state index in [1.54, 1.807) is 0 Å². The first-order valence-corrected chi connectivity index (χ1v) is 10.2. The molecule has 0 aromatic heterocycles. The van der Waals surface area contributed by atoms with Gasteiger partial charge in [-0.2, -0.15) is 52.7 Å². The van der Waals surface area contributed by atoms with Crippen LogP contribution in [0.4, 0.5) is 52.7 Å². The number of hydrogen-bond donors (Lipinski definition) is 0. The number of carbonyl (C=O) groups is 1. The third-order valence-electron chi connectivity index (χ3n) is 7.42. The van der Waals surface area contributed by atoms with Crippen LogP contribution in [0.25, 0.3) is 0 Å². The van der Waals surface area contributed by atoms with Crippen molar-refractivity contribution in [2.45, 2.75) is 49.3 Å². The van der Waals surface area contributed by atoms with Crippen molar-refractivity contribution < 1.29 is 63.6 Å². The molecule has 0 radical (unpaired) electrons. The van der Waals surface area contributed by atoms with E-state index in [1.165, 1.54) is 6.42 Å². The lowest BCUT2D eigenvalue weighted by molar-refractivity contribution is -0.393. The summed E-state index contributed by atoms with van der Waals surface area (Å²) in [4.78, 5) is 9.24. The quantitative estimate of drug-likeness (QED) is 0.272. The highest BCUT2D eigenvalue weighted by molar-refractivity contribution is 5.89. The van der Waals surface area contributed by atoms with Gasteiger partial charge in [-0.3, -0.25) is 4.79 Å². The Balaban J connectivity index is 0.000000163. The van der Waals surface area contributed by atoms with Crippen molar-refractivity contribution in [2.24, 2.45) is 41.4 Å². The second-order valence-corrected chi connectivity index (χ2v) is 9.22. The summed E-state index contributed by atoms with van der Waals surface area (Å²) in [6.07, 6.45) is -12.2. The Labute approximate surface area is 185 Å². The molecule has 7 rings (SSSR count). The standard InChI is InChI=1S/C10H8F6O.C7H8.C3F6O.H2/c11-9(12,13)8(10(14,15)16)6-3-1-2-4(6)5(2)7(3)17-8;1-2-7-4-3-6(1)5-7;4-2(5,6)1(10)3(7,8)9;/h2-7H,1H2;1-4,6-7H,5H2;;1H/i;;;1+1. The molecule has 5 fully saturated rings. The van der Waals surface area contributed by atoms with Crippen LogP contribution >= 0.6 is 0 Å². The zero-order valence-electron chi connectivity index (χ0n) is 16.7. The van der Waals surface area contributed by atoms with Gasteiger partial charge in [-0.25, -0.2) is 0 Å². The summed E-state index contributed by atoms with van der Waals surface area (Å²) in [6, 6.07) is 0. The molecule has 0 aromatic carbocycles. The summed E-state index contributed by atoms with van der Waals surface area (Å²) in [5.74, 6) is -4.35. The topological polar surface area (TPSA) is 26.3 Å². The van der Waals surface area contributed by atoms with Crippen molar-refractivity contribution in [2.75, 3.05) is 0 Å². The van der Waals surface area contributed by atoms with Crippen LogP contribution in [0.5, 0.6) is 0 Å². The Hall–Kier alpha value is -1.73. The van der Waals surface area contributed by atoms with Crippen LogP contribution in [0, 0.1) is 41.4 Å². The highest BCUT2D eigenvalue weighted by Crippen LogP contribution is 2.83. The predicted octanol–water partition coefficient (Wildman–Crippen LogP) is 6.44. The summed E-state index contributed by atoms with van der Waals surface area (Å²) in [6.45, 7) is 0. The third kappa shape index (κ3) is 3.74. The molecule has 6 atom stereocenters. The zero-order valence-corrected chi connectivity index (χ0v) is 16.7. The molecule has 14 heteroatoms. The Morgan fingerprint density at radius 3 is 1.35 bits per heavy atom. The van der Waals surface area contributed by atoms with E-state index in [0.717, 1.165) is 11.8 Å². The fourth-order valence-electron chi connectivity index (χ4n) is 6.27. The Morgan fingerprint density at radius 2 is 1.15 bits per heavy atom. The molecule has 0 aromatic rings. The molecule has 1 heterocycles. The molecule has 8 bridgehead atoms. The van der Waals surface area contributed by atoms with Crippen molar-refractivity contribution in [3.05, 3.63) is 24.3 Å². The lowest BCUT2D eigenvalue weighted by Crippen LogP contribution is -2.62. The van der Waals surface area contributed by atoms with Gasteiger partial charge in [0.05, 0.1) is 6.10 Å². The van der Waals surface area contributed by atoms with Crippen LogP contribution in [0.15, 0.2) is 24.3 Å². The van der Waals surface area contributed by atoms with Gasteiger partial charge in [-0.1, -0.05) is 24.3 Å². The number of carbonyl (C=O) groups excluding carboxylic acids is 1. The predicted molar refractivity (Wildman–Crippen MR) is 90.9 cm³/mol. The Bertz CT molecular complexity index is 842. The molecule has 6 aliphatic carbocycles. The normalized spacial score (nSPS) is 39.5. The first-order valence-electron chi connectivity index (χ1n) is 10.2. The largest absolute Gasteiger partial charge is 0.459 e. The van der Waals surface area contributed by atoms with Gasteiger partial charge < -0.3 is 4.74 Å². The molecular formula is C20H18F12O2. The molecule has 34 heavy (non-hydrogen) atoms. The van der Waals surface area contributed by atoms with Gasteiger partial charge in [-0.15, -0.1) is 0 Å². The second-order valence-electron chi connectivity index (χ2n) is 9.22. The summed E-state index contributed by atoms with van der Waals surface area (Å²) in [7, 11) is 0. The van der Waals surface area contributed by atoms with Gasteiger partial charge in [0.1, 0.15) is 0 Å². The van der Waals surface area contributed by atoms with Gasteiger partial charge in [0.25, 0.3) is 5.60 Å². The molecule has 6 unspecified atom stereocenters. The highest BCUT2D eigenvalue weighted by Gasteiger charge is 2.92. The van der Waals surface area contributed by atoms with Gasteiger partial charge in [0.2, 0.25) is 0 Å². The first kappa shape index (κ1) is 25.4. The fourth-order valence-corrected chi connectivity index (χ4v) is 6.27. The fraction of sp³-hybridized carbons (Fsp3) is 0.750. The monoisotopic (exact) mass is 519 g/mol. The Kier molecular flexibility index (Phi) is 5.51.